The van der Waals surface area contributed by atoms with E-state index in [0.29, 0.717) is 25.3 Å². The molecule has 2 atom stereocenters. The van der Waals surface area contributed by atoms with Crippen molar-refractivity contribution in [2.45, 2.75) is 131 Å². The first-order chi connectivity index (χ1) is 14.9. The second kappa shape index (κ2) is 16.5. The van der Waals surface area contributed by atoms with E-state index in [1.807, 2.05) is 41.5 Å². The van der Waals surface area contributed by atoms with Crippen LogP contribution in [0.15, 0.2) is 0 Å². The summed E-state index contributed by atoms with van der Waals surface area (Å²) in [5.41, 5.74) is -0.323. The Kier molecular flexibility index (Phi) is 17.0. The monoisotopic (exact) mass is 458 g/mol. The number of amides is 1. The van der Waals surface area contributed by atoms with Crippen LogP contribution in [0.5, 0.6) is 0 Å². The Morgan fingerprint density at radius 3 is 1.97 bits per heavy atom. The van der Waals surface area contributed by atoms with E-state index in [4.69, 9.17) is 14.4 Å². The summed E-state index contributed by atoms with van der Waals surface area (Å²) in [6.45, 7) is 23.1. The van der Waals surface area contributed by atoms with Crippen molar-refractivity contribution in [2.75, 3.05) is 6.54 Å². The molecule has 7 nitrogen and oxygen atoms in total. The molecule has 190 valence electrons. The Balaban J connectivity index is 0. The van der Waals surface area contributed by atoms with Crippen LogP contribution < -0.4 is 10.6 Å². The molecule has 32 heavy (non-hydrogen) atoms. The standard InChI is InChI=1S/C10H21BO2.C10H18N2O3.2C2H6/c1-6-7-8-11-12-9(2,3)10(4,5)13-11;1-6(2)3-9(13)12-7-4-8(10(14)15)11-5-7;2*1-2/h6-8H2,1-5H3;6-8,11H,3-5H2,1-2H3,(H,12,13)(H,14,15);2*1-2H3. The highest BCUT2D eigenvalue weighted by Crippen LogP contribution is 2.37. The molecule has 2 aliphatic heterocycles. The van der Waals surface area contributed by atoms with Gasteiger partial charge in [-0.1, -0.05) is 61.3 Å². The summed E-state index contributed by atoms with van der Waals surface area (Å²) in [7, 11) is 0.00458. The van der Waals surface area contributed by atoms with Gasteiger partial charge in [-0.05, 0) is 46.4 Å². The summed E-state index contributed by atoms with van der Waals surface area (Å²) in [5, 5.41) is 14.4. The third-order valence-corrected chi connectivity index (χ3v) is 5.48. The second-order valence-electron chi connectivity index (χ2n) is 9.23. The van der Waals surface area contributed by atoms with E-state index in [2.05, 4.69) is 45.3 Å². The molecule has 0 saturated carbocycles. The zero-order valence-corrected chi connectivity index (χ0v) is 22.6. The summed E-state index contributed by atoms with van der Waals surface area (Å²) >= 11 is 0. The fourth-order valence-electron chi connectivity index (χ4n) is 3.14. The molecule has 0 aromatic heterocycles. The topological polar surface area (TPSA) is 96.9 Å². The number of unbranched alkanes of at least 4 members (excludes halogenated alkanes) is 1. The zero-order valence-electron chi connectivity index (χ0n) is 22.6. The predicted octanol–water partition coefficient (Wildman–Crippen LogP) is 4.89. The number of aliphatic carboxylic acids is 1. The highest BCUT2D eigenvalue weighted by atomic mass is 16.7. The van der Waals surface area contributed by atoms with Crippen LogP contribution in [0.4, 0.5) is 0 Å². The van der Waals surface area contributed by atoms with Crippen molar-refractivity contribution in [2.24, 2.45) is 5.92 Å². The summed E-state index contributed by atoms with van der Waals surface area (Å²) in [5.74, 6) is -0.520. The molecule has 2 heterocycles. The van der Waals surface area contributed by atoms with Gasteiger partial charge in [0.2, 0.25) is 5.91 Å². The van der Waals surface area contributed by atoms with E-state index in [1.165, 1.54) is 12.8 Å². The summed E-state index contributed by atoms with van der Waals surface area (Å²) in [6.07, 6.45) is 4.36. The van der Waals surface area contributed by atoms with Crippen LogP contribution in [0, 0.1) is 5.92 Å². The van der Waals surface area contributed by atoms with Crippen LogP contribution >= 0.6 is 0 Å². The van der Waals surface area contributed by atoms with Crippen LogP contribution in [0.3, 0.4) is 0 Å². The van der Waals surface area contributed by atoms with Crippen LogP contribution in [0.1, 0.15) is 102 Å². The molecule has 0 aromatic carbocycles. The first kappa shape index (κ1) is 33.1. The van der Waals surface area contributed by atoms with Crippen molar-refractivity contribution in [1.82, 2.24) is 10.6 Å². The van der Waals surface area contributed by atoms with E-state index in [1.54, 1.807) is 0 Å². The van der Waals surface area contributed by atoms with Crippen molar-refractivity contribution in [3.05, 3.63) is 0 Å². The Morgan fingerprint density at radius 2 is 1.59 bits per heavy atom. The van der Waals surface area contributed by atoms with Gasteiger partial charge >= 0.3 is 13.1 Å². The van der Waals surface area contributed by atoms with Crippen LogP contribution in [-0.4, -0.2) is 53.9 Å². The van der Waals surface area contributed by atoms with Gasteiger partial charge in [0.15, 0.2) is 0 Å². The van der Waals surface area contributed by atoms with Gasteiger partial charge in [0.05, 0.1) is 11.2 Å². The minimum Gasteiger partial charge on any atom is -0.480 e. The lowest BCUT2D eigenvalue weighted by atomic mass is 9.82. The third-order valence-electron chi connectivity index (χ3n) is 5.48. The Bertz CT molecular complexity index is 511. The van der Waals surface area contributed by atoms with E-state index in [0.717, 1.165) is 6.32 Å². The smallest absolute Gasteiger partial charge is 0.457 e. The average molecular weight is 458 g/mol. The maximum absolute atomic E-state index is 11.4. The molecule has 2 aliphatic rings. The molecule has 0 aliphatic carbocycles. The number of carboxylic acids is 1. The molecular formula is C24H51BN2O5. The highest BCUT2D eigenvalue weighted by Gasteiger charge is 2.50. The number of hydrogen-bond acceptors (Lipinski definition) is 5. The van der Waals surface area contributed by atoms with Crippen molar-refractivity contribution < 1.29 is 24.0 Å². The predicted molar refractivity (Wildman–Crippen MR) is 134 cm³/mol. The molecule has 0 aromatic rings. The molecular weight excluding hydrogens is 407 g/mol. The lowest BCUT2D eigenvalue weighted by molar-refractivity contribution is -0.139. The number of hydrogen-bond donors (Lipinski definition) is 3. The largest absolute Gasteiger partial charge is 0.480 e. The van der Waals surface area contributed by atoms with Crippen molar-refractivity contribution >= 4 is 19.0 Å². The molecule has 1 amide bonds. The fourth-order valence-corrected chi connectivity index (χ4v) is 3.14. The van der Waals surface area contributed by atoms with Gasteiger partial charge in [-0.25, -0.2) is 0 Å². The van der Waals surface area contributed by atoms with E-state index in [9.17, 15) is 9.59 Å². The normalized spacial score (nSPS) is 22.6. The lowest BCUT2D eigenvalue weighted by Gasteiger charge is -2.32. The second-order valence-corrected chi connectivity index (χ2v) is 9.23. The van der Waals surface area contributed by atoms with Gasteiger partial charge in [0.1, 0.15) is 6.04 Å². The lowest BCUT2D eigenvalue weighted by Crippen LogP contribution is -2.41. The maximum atomic E-state index is 11.4. The zero-order chi connectivity index (χ0) is 25.5. The summed E-state index contributed by atoms with van der Waals surface area (Å²) in [6, 6.07) is -0.563. The first-order valence-electron chi connectivity index (χ1n) is 12.5. The van der Waals surface area contributed by atoms with Gasteiger partial charge in [-0.3, -0.25) is 9.59 Å². The Morgan fingerprint density at radius 1 is 1.09 bits per heavy atom. The number of carbonyl (C=O) groups is 2. The van der Waals surface area contributed by atoms with Crippen LogP contribution in [-0.2, 0) is 18.9 Å². The van der Waals surface area contributed by atoms with Crippen molar-refractivity contribution in [1.29, 1.82) is 0 Å². The Hall–Kier alpha value is -1.12. The Labute approximate surface area is 197 Å². The SMILES string of the molecule is CC.CC.CC(C)CC(=O)NC1CNC(C(=O)O)C1.CCCCB1OC(C)(C)C(C)(C)O1. The molecule has 2 rings (SSSR count). The summed E-state index contributed by atoms with van der Waals surface area (Å²) < 4.78 is 11.7. The maximum Gasteiger partial charge on any atom is 0.457 e. The molecule has 2 fully saturated rings. The highest BCUT2D eigenvalue weighted by molar-refractivity contribution is 6.45. The first-order valence-corrected chi connectivity index (χ1v) is 12.5. The van der Waals surface area contributed by atoms with Gasteiger partial charge in [0, 0.05) is 19.0 Å². The molecule has 2 saturated heterocycles. The molecule has 2 unspecified atom stereocenters. The average Bonchev–Trinajstić information content (AvgIpc) is 3.24. The number of carboxylic acid groups (broad SMARTS) is 1. The van der Waals surface area contributed by atoms with E-state index in [-0.39, 0.29) is 30.3 Å². The van der Waals surface area contributed by atoms with Crippen molar-refractivity contribution in [3.8, 4) is 0 Å². The molecule has 0 spiro atoms. The number of rotatable bonds is 7. The van der Waals surface area contributed by atoms with Crippen LogP contribution in [0.2, 0.25) is 6.32 Å². The quantitative estimate of drug-likeness (QED) is 0.470. The van der Waals surface area contributed by atoms with Crippen molar-refractivity contribution in [3.63, 3.8) is 0 Å². The van der Waals surface area contributed by atoms with Crippen LogP contribution in [0.25, 0.3) is 0 Å². The van der Waals surface area contributed by atoms with Gasteiger partial charge in [-0.2, -0.15) is 0 Å². The van der Waals surface area contributed by atoms with E-state index >= 15 is 0 Å². The summed E-state index contributed by atoms with van der Waals surface area (Å²) in [4.78, 5) is 22.0. The molecule has 0 radical (unpaired) electrons. The molecule has 0 bridgehead atoms. The third kappa shape index (κ3) is 12.2. The van der Waals surface area contributed by atoms with Gasteiger partial charge in [0.25, 0.3) is 0 Å². The minimum absolute atomic E-state index is 0.00263. The van der Waals surface area contributed by atoms with Gasteiger partial charge < -0.3 is 25.0 Å². The van der Waals surface area contributed by atoms with E-state index < -0.39 is 12.0 Å². The van der Waals surface area contributed by atoms with Gasteiger partial charge in [-0.15, -0.1) is 0 Å². The molecule has 8 heteroatoms. The number of nitrogens with one attached hydrogen (secondary N) is 2. The number of carbonyl (C=O) groups excluding carboxylic acids is 1. The fraction of sp³-hybridized carbons (Fsp3) is 0.917. The molecule has 3 N–H and O–H groups in total. The minimum atomic E-state index is -0.851.